The fourth-order valence-electron chi connectivity index (χ4n) is 2.76. The van der Waals surface area contributed by atoms with E-state index >= 15 is 0 Å². The van der Waals surface area contributed by atoms with E-state index in [-0.39, 0.29) is 37.3 Å². The van der Waals surface area contributed by atoms with Crippen LogP contribution in [-0.2, 0) is 19.6 Å². The number of sulfonamides is 1. The van der Waals surface area contributed by atoms with E-state index in [4.69, 9.17) is 4.74 Å². The summed E-state index contributed by atoms with van der Waals surface area (Å²) in [6, 6.07) is 8.62. The van der Waals surface area contributed by atoms with Gasteiger partial charge < -0.3 is 10.1 Å². The van der Waals surface area contributed by atoms with Gasteiger partial charge >= 0.3 is 5.97 Å². The number of benzene rings is 1. The maximum absolute atomic E-state index is 12.5. The summed E-state index contributed by atoms with van der Waals surface area (Å²) in [5.41, 5.74) is 0.486. The summed E-state index contributed by atoms with van der Waals surface area (Å²) in [6.45, 7) is 2.58. The molecule has 7 nitrogen and oxygen atoms in total. The standard InChI is InChI=1S/C17H24N2O5S/c1-2-24-17(21)15-9-6-11-19(13-15)25(22,23)12-10-18-16(20)14-7-4-3-5-8-14/h3-5,7-8,15H,2,6,9-13H2,1H3,(H,18,20)/t15-/m1/s1. The average Bonchev–Trinajstić information content (AvgIpc) is 2.62. The zero-order chi connectivity index (χ0) is 18.3. The van der Waals surface area contributed by atoms with Crippen LogP contribution in [0.15, 0.2) is 30.3 Å². The molecule has 1 aromatic carbocycles. The number of esters is 1. The molecule has 0 aliphatic carbocycles. The first-order chi connectivity index (χ1) is 11.9. The van der Waals surface area contributed by atoms with Crippen LogP contribution in [0.5, 0.6) is 0 Å². The third kappa shape index (κ3) is 5.54. The van der Waals surface area contributed by atoms with Gasteiger partial charge in [0.05, 0.1) is 18.3 Å². The van der Waals surface area contributed by atoms with Gasteiger partial charge in [0.25, 0.3) is 5.91 Å². The molecule has 0 bridgehead atoms. The van der Waals surface area contributed by atoms with E-state index in [0.717, 1.165) is 0 Å². The van der Waals surface area contributed by atoms with E-state index in [1.54, 1.807) is 37.3 Å². The van der Waals surface area contributed by atoms with Crippen molar-refractivity contribution in [3.8, 4) is 0 Å². The highest BCUT2D eigenvalue weighted by molar-refractivity contribution is 7.89. The van der Waals surface area contributed by atoms with Gasteiger partial charge in [-0.1, -0.05) is 18.2 Å². The summed E-state index contributed by atoms with van der Waals surface area (Å²) in [5.74, 6) is -1.26. The Kier molecular flexibility index (Phi) is 6.95. The number of carbonyl (C=O) groups excluding carboxylic acids is 2. The predicted molar refractivity (Wildman–Crippen MR) is 93.5 cm³/mol. The van der Waals surface area contributed by atoms with Crippen molar-refractivity contribution in [2.45, 2.75) is 19.8 Å². The van der Waals surface area contributed by atoms with E-state index in [1.165, 1.54) is 4.31 Å². The fourth-order valence-corrected chi connectivity index (χ4v) is 4.19. The summed E-state index contributed by atoms with van der Waals surface area (Å²) in [7, 11) is -3.53. The quantitative estimate of drug-likeness (QED) is 0.726. The minimum atomic E-state index is -3.53. The number of piperidine rings is 1. The second kappa shape index (κ2) is 8.96. The molecule has 0 aromatic heterocycles. The summed E-state index contributed by atoms with van der Waals surface area (Å²) >= 11 is 0. The third-order valence-corrected chi connectivity index (χ3v) is 5.92. The summed E-state index contributed by atoms with van der Waals surface area (Å²) in [6.07, 6.45) is 1.26. The average molecular weight is 368 g/mol. The highest BCUT2D eigenvalue weighted by Gasteiger charge is 2.32. The van der Waals surface area contributed by atoms with Gasteiger partial charge in [0.15, 0.2) is 0 Å². The molecule has 0 radical (unpaired) electrons. The number of nitrogens with zero attached hydrogens (tertiary/aromatic N) is 1. The largest absolute Gasteiger partial charge is 0.466 e. The van der Waals surface area contributed by atoms with Crippen molar-refractivity contribution in [2.75, 3.05) is 32.0 Å². The maximum Gasteiger partial charge on any atom is 0.310 e. The number of hydrogen-bond acceptors (Lipinski definition) is 5. The molecule has 0 spiro atoms. The van der Waals surface area contributed by atoms with Crippen LogP contribution in [0.25, 0.3) is 0 Å². The molecule has 2 rings (SSSR count). The first-order valence-corrected chi connectivity index (χ1v) is 10.0. The van der Waals surface area contributed by atoms with Crippen LogP contribution in [0.2, 0.25) is 0 Å². The molecule has 25 heavy (non-hydrogen) atoms. The van der Waals surface area contributed by atoms with E-state index in [1.807, 2.05) is 0 Å². The van der Waals surface area contributed by atoms with Crippen molar-refractivity contribution < 1.29 is 22.7 Å². The lowest BCUT2D eigenvalue weighted by Gasteiger charge is -2.30. The minimum absolute atomic E-state index is 0.0244. The Morgan fingerprint density at radius 1 is 1.28 bits per heavy atom. The normalized spacial score (nSPS) is 18.5. The number of hydrogen-bond donors (Lipinski definition) is 1. The molecule has 1 aromatic rings. The van der Waals surface area contributed by atoms with Crippen molar-refractivity contribution in [1.82, 2.24) is 9.62 Å². The molecular formula is C17H24N2O5S. The van der Waals surface area contributed by atoms with Crippen LogP contribution in [0.4, 0.5) is 0 Å². The van der Waals surface area contributed by atoms with Gasteiger partial charge in [-0.2, -0.15) is 0 Å². The Labute approximate surface area is 148 Å². The van der Waals surface area contributed by atoms with Crippen molar-refractivity contribution in [2.24, 2.45) is 5.92 Å². The molecule has 1 aliphatic rings. The van der Waals surface area contributed by atoms with Crippen LogP contribution in [0.1, 0.15) is 30.1 Å². The van der Waals surface area contributed by atoms with E-state index in [9.17, 15) is 18.0 Å². The van der Waals surface area contributed by atoms with Crippen LogP contribution in [-0.4, -0.2) is 56.6 Å². The van der Waals surface area contributed by atoms with Gasteiger partial charge in [-0.3, -0.25) is 9.59 Å². The second-order valence-corrected chi connectivity index (χ2v) is 7.98. The Bertz CT molecular complexity index is 690. The zero-order valence-corrected chi connectivity index (χ0v) is 15.1. The Morgan fingerprint density at radius 3 is 2.68 bits per heavy atom. The first kappa shape index (κ1) is 19.4. The zero-order valence-electron chi connectivity index (χ0n) is 14.3. The van der Waals surface area contributed by atoms with Crippen molar-refractivity contribution in [3.63, 3.8) is 0 Å². The number of rotatable bonds is 7. The lowest BCUT2D eigenvalue weighted by Crippen LogP contribution is -2.45. The van der Waals surface area contributed by atoms with Crippen LogP contribution >= 0.6 is 0 Å². The molecule has 1 fully saturated rings. The first-order valence-electron chi connectivity index (χ1n) is 8.41. The highest BCUT2D eigenvalue weighted by atomic mass is 32.2. The van der Waals surface area contributed by atoms with Crippen LogP contribution < -0.4 is 5.32 Å². The smallest absolute Gasteiger partial charge is 0.310 e. The van der Waals surface area contributed by atoms with Crippen LogP contribution in [0.3, 0.4) is 0 Å². The lowest BCUT2D eigenvalue weighted by molar-refractivity contribution is -0.149. The van der Waals surface area contributed by atoms with Gasteiger partial charge in [0.2, 0.25) is 10.0 Å². The van der Waals surface area contributed by atoms with Gasteiger partial charge in [-0.15, -0.1) is 0 Å². The van der Waals surface area contributed by atoms with Crippen molar-refractivity contribution in [1.29, 1.82) is 0 Å². The molecule has 0 unspecified atom stereocenters. The summed E-state index contributed by atoms with van der Waals surface area (Å²) in [5, 5.41) is 2.61. The fraction of sp³-hybridized carbons (Fsp3) is 0.529. The van der Waals surface area contributed by atoms with E-state index in [0.29, 0.717) is 24.9 Å². The SMILES string of the molecule is CCOC(=O)[C@@H]1CCCN(S(=O)(=O)CCNC(=O)c2ccccc2)C1. The maximum atomic E-state index is 12.5. The van der Waals surface area contributed by atoms with E-state index < -0.39 is 15.9 Å². The molecule has 1 amide bonds. The molecule has 8 heteroatoms. The molecule has 1 atom stereocenters. The Morgan fingerprint density at radius 2 is 2.00 bits per heavy atom. The van der Waals surface area contributed by atoms with Crippen LogP contribution in [0, 0.1) is 5.92 Å². The van der Waals surface area contributed by atoms with Gasteiger partial charge in [0.1, 0.15) is 0 Å². The number of nitrogens with one attached hydrogen (secondary N) is 1. The Hall–Kier alpha value is -1.93. The van der Waals surface area contributed by atoms with Gasteiger partial charge in [0, 0.05) is 25.2 Å². The van der Waals surface area contributed by atoms with E-state index in [2.05, 4.69) is 5.32 Å². The molecule has 1 heterocycles. The molecule has 1 N–H and O–H groups in total. The lowest BCUT2D eigenvalue weighted by atomic mass is 10.0. The van der Waals surface area contributed by atoms with Gasteiger partial charge in [-0.25, -0.2) is 12.7 Å². The van der Waals surface area contributed by atoms with Gasteiger partial charge in [-0.05, 0) is 31.9 Å². The molecule has 0 saturated carbocycles. The number of amides is 1. The number of carbonyl (C=O) groups is 2. The topological polar surface area (TPSA) is 92.8 Å². The third-order valence-electron chi connectivity index (χ3n) is 4.08. The highest BCUT2D eigenvalue weighted by Crippen LogP contribution is 2.20. The summed E-state index contributed by atoms with van der Waals surface area (Å²) < 4.78 is 31.2. The molecule has 138 valence electrons. The predicted octanol–water partition coefficient (Wildman–Crippen LogP) is 1.02. The van der Waals surface area contributed by atoms with Crippen molar-refractivity contribution in [3.05, 3.63) is 35.9 Å². The molecule has 1 aliphatic heterocycles. The molecular weight excluding hydrogens is 344 g/mol. The Balaban J connectivity index is 1.86. The summed E-state index contributed by atoms with van der Waals surface area (Å²) in [4.78, 5) is 23.8. The molecule has 1 saturated heterocycles. The monoisotopic (exact) mass is 368 g/mol. The number of ether oxygens (including phenoxy) is 1. The van der Waals surface area contributed by atoms with Crippen molar-refractivity contribution >= 4 is 21.9 Å². The minimum Gasteiger partial charge on any atom is -0.466 e. The second-order valence-electron chi connectivity index (χ2n) is 5.89.